The second kappa shape index (κ2) is 11.3. The summed E-state index contributed by atoms with van der Waals surface area (Å²) in [5.41, 5.74) is 9.01. The van der Waals surface area contributed by atoms with Gasteiger partial charge in [-0.2, -0.15) is 0 Å². The lowest BCUT2D eigenvalue weighted by molar-refractivity contribution is 1.32. The molecule has 0 aliphatic heterocycles. The Labute approximate surface area is 288 Å². The lowest BCUT2D eigenvalue weighted by Crippen LogP contribution is -1.92. The van der Waals surface area contributed by atoms with Gasteiger partial charge in [-0.3, -0.25) is 0 Å². The number of nitrogens with zero attached hydrogens (tertiary/aromatic N) is 1. The molecule has 0 atom stereocenters. The molecule has 10 aromatic rings. The first-order chi connectivity index (χ1) is 24.3. The van der Waals surface area contributed by atoms with Gasteiger partial charge in [-0.15, -0.1) is 11.3 Å². The van der Waals surface area contributed by atoms with Crippen molar-refractivity contribution in [1.29, 1.82) is 0 Å². The summed E-state index contributed by atoms with van der Waals surface area (Å²) >= 11 is 1.87. The first-order valence-electron chi connectivity index (χ1n) is 16.7. The van der Waals surface area contributed by atoms with E-state index < -0.39 is 0 Å². The molecule has 0 unspecified atom stereocenters. The van der Waals surface area contributed by atoms with Crippen molar-refractivity contribution in [2.75, 3.05) is 0 Å². The number of thiophene rings is 1. The number of rotatable bonds is 4. The van der Waals surface area contributed by atoms with E-state index in [0.29, 0.717) is 0 Å². The van der Waals surface area contributed by atoms with E-state index in [1.165, 1.54) is 69.2 Å². The van der Waals surface area contributed by atoms with Crippen molar-refractivity contribution < 1.29 is 0 Å². The zero-order valence-electron chi connectivity index (χ0n) is 26.6. The molecule has 8 aromatic carbocycles. The first kappa shape index (κ1) is 28.0. The Morgan fingerprint density at radius 2 is 0.857 bits per heavy atom. The lowest BCUT2D eigenvalue weighted by Gasteiger charge is -2.16. The fraction of sp³-hybridized carbons (Fsp3) is 0. The van der Waals surface area contributed by atoms with E-state index >= 15 is 0 Å². The Morgan fingerprint density at radius 3 is 1.59 bits per heavy atom. The van der Waals surface area contributed by atoms with Gasteiger partial charge in [-0.25, -0.2) is 4.98 Å². The van der Waals surface area contributed by atoms with Gasteiger partial charge in [0.15, 0.2) is 0 Å². The van der Waals surface area contributed by atoms with Crippen molar-refractivity contribution >= 4 is 63.8 Å². The monoisotopic (exact) mass is 639 g/mol. The molecule has 0 bridgehead atoms. The molecule has 0 amide bonds. The van der Waals surface area contributed by atoms with Crippen LogP contribution in [0.2, 0.25) is 0 Å². The number of aromatic nitrogens is 1. The molecule has 0 aliphatic rings. The van der Waals surface area contributed by atoms with Gasteiger partial charge in [0.1, 0.15) is 0 Å². The highest BCUT2D eigenvalue weighted by atomic mass is 32.1. The summed E-state index contributed by atoms with van der Waals surface area (Å²) in [7, 11) is 0. The van der Waals surface area contributed by atoms with E-state index in [1.54, 1.807) is 0 Å². The maximum Gasteiger partial charge on any atom is 0.0715 e. The van der Waals surface area contributed by atoms with Crippen LogP contribution < -0.4 is 0 Å². The number of benzene rings is 8. The average molecular weight is 640 g/mol. The SMILES string of the molecule is c1ccc(-c2cc(-c3ccc4c(c3)c3ccccc3c3cccc(-c5ccc6sc7ccccc7c6c5)c34)cc(-c3ccccc3)n2)cc1. The fourth-order valence-electron chi connectivity index (χ4n) is 7.53. The van der Waals surface area contributed by atoms with Gasteiger partial charge in [0.05, 0.1) is 11.4 Å². The molecule has 1 nitrogen and oxygen atoms in total. The summed E-state index contributed by atoms with van der Waals surface area (Å²) in [4.78, 5) is 5.14. The van der Waals surface area contributed by atoms with Crippen LogP contribution in [0.25, 0.3) is 97.3 Å². The summed E-state index contributed by atoms with van der Waals surface area (Å²) in [6.45, 7) is 0. The predicted molar refractivity (Wildman–Crippen MR) is 211 cm³/mol. The maximum absolute atomic E-state index is 5.14. The molecule has 0 saturated heterocycles. The Kier molecular flexibility index (Phi) is 6.43. The molecule has 0 fully saturated rings. The smallest absolute Gasteiger partial charge is 0.0715 e. The van der Waals surface area contributed by atoms with E-state index in [0.717, 1.165) is 28.1 Å². The van der Waals surface area contributed by atoms with Crippen LogP contribution >= 0.6 is 11.3 Å². The lowest BCUT2D eigenvalue weighted by atomic mass is 9.88. The number of pyridine rings is 1. The highest BCUT2D eigenvalue weighted by molar-refractivity contribution is 7.25. The molecule has 0 N–H and O–H groups in total. The minimum atomic E-state index is 0.971. The topological polar surface area (TPSA) is 12.9 Å². The van der Waals surface area contributed by atoms with E-state index in [4.69, 9.17) is 4.98 Å². The molecule has 0 saturated carbocycles. The Morgan fingerprint density at radius 1 is 0.306 bits per heavy atom. The van der Waals surface area contributed by atoms with Crippen molar-refractivity contribution in [2.45, 2.75) is 0 Å². The third kappa shape index (κ3) is 4.64. The van der Waals surface area contributed by atoms with Gasteiger partial charge in [-0.1, -0.05) is 140 Å². The summed E-state index contributed by atoms with van der Waals surface area (Å²) < 4.78 is 2.66. The zero-order chi connectivity index (χ0) is 32.3. The zero-order valence-corrected chi connectivity index (χ0v) is 27.4. The van der Waals surface area contributed by atoms with Crippen LogP contribution in [-0.4, -0.2) is 4.98 Å². The van der Waals surface area contributed by atoms with Gasteiger partial charge < -0.3 is 0 Å². The second-order valence-electron chi connectivity index (χ2n) is 12.7. The van der Waals surface area contributed by atoms with Gasteiger partial charge in [-0.05, 0) is 91.0 Å². The van der Waals surface area contributed by atoms with Crippen LogP contribution in [0.1, 0.15) is 0 Å². The van der Waals surface area contributed by atoms with Gasteiger partial charge in [0.25, 0.3) is 0 Å². The summed E-state index contributed by atoms with van der Waals surface area (Å²) in [6, 6.07) is 63.9. The molecular weight excluding hydrogens is 611 g/mol. The van der Waals surface area contributed by atoms with Crippen molar-refractivity contribution in [3.63, 3.8) is 0 Å². The summed E-state index contributed by atoms with van der Waals surface area (Å²) in [6.07, 6.45) is 0. The highest BCUT2D eigenvalue weighted by Crippen LogP contribution is 2.43. The molecule has 10 rings (SSSR count). The predicted octanol–water partition coefficient (Wildman–Crippen LogP) is 13.6. The number of hydrogen-bond donors (Lipinski definition) is 0. The maximum atomic E-state index is 5.14. The normalized spacial score (nSPS) is 11.7. The van der Waals surface area contributed by atoms with Crippen LogP contribution in [-0.2, 0) is 0 Å². The van der Waals surface area contributed by atoms with Gasteiger partial charge >= 0.3 is 0 Å². The van der Waals surface area contributed by atoms with Crippen molar-refractivity contribution in [3.05, 3.63) is 176 Å². The van der Waals surface area contributed by atoms with E-state index in [-0.39, 0.29) is 0 Å². The summed E-state index contributed by atoms with van der Waals surface area (Å²) in [5, 5.41) is 10.3. The van der Waals surface area contributed by atoms with Gasteiger partial charge in [0, 0.05) is 31.3 Å². The minimum Gasteiger partial charge on any atom is -0.248 e. The van der Waals surface area contributed by atoms with Gasteiger partial charge in [0.2, 0.25) is 0 Å². The molecule has 0 radical (unpaired) electrons. The van der Waals surface area contributed by atoms with Crippen LogP contribution in [0, 0.1) is 0 Å². The van der Waals surface area contributed by atoms with Crippen molar-refractivity contribution in [1.82, 2.24) is 4.98 Å². The molecule has 2 heterocycles. The van der Waals surface area contributed by atoms with Crippen LogP contribution in [0.5, 0.6) is 0 Å². The molecular formula is C47H29NS. The largest absolute Gasteiger partial charge is 0.248 e. The number of hydrogen-bond acceptors (Lipinski definition) is 2. The Bertz CT molecular complexity index is 2810. The Hall–Kier alpha value is -6.09. The van der Waals surface area contributed by atoms with Crippen molar-refractivity contribution in [3.8, 4) is 44.8 Å². The first-order valence-corrected chi connectivity index (χ1v) is 17.5. The molecule has 49 heavy (non-hydrogen) atoms. The third-order valence-electron chi connectivity index (χ3n) is 9.85. The van der Waals surface area contributed by atoms with E-state index in [1.807, 2.05) is 11.3 Å². The molecule has 0 aliphatic carbocycles. The minimum absolute atomic E-state index is 0.971. The molecule has 2 heteroatoms. The highest BCUT2D eigenvalue weighted by Gasteiger charge is 2.16. The van der Waals surface area contributed by atoms with Crippen LogP contribution in [0.15, 0.2) is 176 Å². The molecule has 2 aromatic heterocycles. The third-order valence-corrected chi connectivity index (χ3v) is 11.0. The summed E-state index contributed by atoms with van der Waals surface area (Å²) in [5.74, 6) is 0. The van der Waals surface area contributed by atoms with Crippen LogP contribution in [0.3, 0.4) is 0 Å². The average Bonchev–Trinajstić information content (AvgIpc) is 3.56. The van der Waals surface area contributed by atoms with E-state index in [9.17, 15) is 0 Å². The van der Waals surface area contributed by atoms with E-state index in [2.05, 4.69) is 176 Å². The van der Waals surface area contributed by atoms with Crippen molar-refractivity contribution in [2.24, 2.45) is 0 Å². The quantitative estimate of drug-likeness (QED) is 0.175. The van der Waals surface area contributed by atoms with Crippen LogP contribution in [0.4, 0.5) is 0 Å². The standard InChI is InChI=1S/C47H29NS/c1-3-12-30(13-4-1)43-28-34(29-44(48-43)31-14-5-2-6-15-31)32-22-24-40-41(26-32)37-17-8-7-16-36(37)39-20-11-19-35(47(39)40)33-23-25-46-42(27-33)38-18-9-10-21-45(38)49-46/h1-29H. The fourth-order valence-corrected chi connectivity index (χ4v) is 8.62. The number of fused-ring (bicyclic) bond motifs is 9. The Balaban J connectivity index is 1.23. The second-order valence-corrected chi connectivity index (χ2v) is 13.8. The molecule has 0 spiro atoms. The molecule has 228 valence electrons.